The monoisotopic (exact) mass is 199 g/mol. The first kappa shape index (κ1) is 10.4. The zero-order valence-corrected chi connectivity index (χ0v) is 8.73. The zero-order valence-electron chi connectivity index (χ0n) is 8.73. The number of hydrogen-bond acceptors (Lipinski definition) is 3. The quantitative estimate of drug-likeness (QED) is 0.655. The molecular weight excluding hydrogens is 178 g/mol. The molecule has 3 nitrogen and oxygen atoms in total. The minimum absolute atomic E-state index is 0.158. The molecule has 1 aliphatic carbocycles. The van der Waals surface area contributed by atoms with Gasteiger partial charge in [0, 0.05) is 12.6 Å². The van der Waals surface area contributed by atoms with Crippen LogP contribution in [0, 0.1) is 0 Å². The second kappa shape index (κ2) is 4.60. The summed E-state index contributed by atoms with van der Waals surface area (Å²) < 4.78 is 0. The summed E-state index contributed by atoms with van der Waals surface area (Å²) in [6, 6.07) is 0.318. The van der Waals surface area contributed by atoms with Crippen LogP contribution < -0.4 is 0 Å². The molecule has 0 aromatic heterocycles. The Labute approximate surface area is 85.7 Å². The van der Waals surface area contributed by atoms with Crippen LogP contribution in [-0.4, -0.2) is 46.5 Å². The Kier molecular flexibility index (Phi) is 3.42. The van der Waals surface area contributed by atoms with Crippen molar-refractivity contribution in [3.63, 3.8) is 0 Å². The minimum atomic E-state index is -0.169. The standard InChI is InChI=1S/C11H21NO2/c13-9-4-3-7-12(8-9)10-5-1-2-6-11(10)14/h9-11,13-14H,1-8H2. The third-order valence-corrected chi connectivity index (χ3v) is 3.59. The third kappa shape index (κ3) is 2.27. The number of aliphatic hydroxyl groups excluding tert-OH is 2. The van der Waals surface area contributed by atoms with Crippen molar-refractivity contribution in [2.24, 2.45) is 0 Å². The third-order valence-electron chi connectivity index (χ3n) is 3.59. The van der Waals surface area contributed by atoms with Crippen LogP contribution >= 0.6 is 0 Å². The molecule has 14 heavy (non-hydrogen) atoms. The molecule has 0 bridgehead atoms. The van der Waals surface area contributed by atoms with Crippen LogP contribution in [0.4, 0.5) is 0 Å². The van der Waals surface area contributed by atoms with Crippen molar-refractivity contribution in [2.75, 3.05) is 13.1 Å². The molecule has 0 aromatic rings. The summed E-state index contributed by atoms with van der Waals surface area (Å²) >= 11 is 0. The van der Waals surface area contributed by atoms with E-state index in [-0.39, 0.29) is 12.2 Å². The fourth-order valence-corrected chi connectivity index (χ4v) is 2.80. The van der Waals surface area contributed by atoms with Crippen molar-refractivity contribution < 1.29 is 10.2 Å². The highest BCUT2D eigenvalue weighted by Gasteiger charge is 2.31. The van der Waals surface area contributed by atoms with Gasteiger partial charge in [0.05, 0.1) is 12.2 Å². The van der Waals surface area contributed by atoms with Crippen LogP contribution in [0.5, 0.6) is 0 Å². The normalized spacial score (nSPS) is 41.1. The molecule has 2 N–H and O–H groups in total. The fraction of sp³-hybridized carbons (Fsp3) is 1.00. The number of likely N-dealkylation sites (tertiary alicyclic amines) is 1. The van der Waals surface area contributed by atoms with Crippen molar-refractivity contribution in [3.8, 4) is 0 Å². The molecule has 1 saturated carbocycles. The molecule has 3 unspecified atom stereocenters. The Bertz CT molecular complexity index is 186. The lowest BCUT2D eigenvalue weighted by molar-refractivity contribution is -0.0206. The van der Waals surface area contributed by atoms with Gasteiger partial charge in [0.15, 0.2) is 0 Å². The van der Waals surface area contributed by atoms with E-state index in [0.717, 1.165) is 45.2 Å². The molecule has 2 aliphatic rings. The van der Waals surface area contributed by atoms with E-state index in [0.29, 0.717) is 6.04 Å². The molecule has 1 saturated heterocycles. The molecule has 2 fully saturated rings. The predicted octanol–water partition coefficient (Wildman–Crippen LogP) is 0.747. The molecule has 1 aliphatic heterocycles. The Balaban J connectivity index is 1.91. The predicted molar refractivity (Wildman–Crippen MR) is 55.1 cm³/mol. The lowest BCUT2D eigenvalue weighted by atomic mass is 9.90. The Hall–Kier alpha value is -0.120. The number of aliphatic hydroxyl groups is 2. The van der Waals surface area contributed by atoms with Crippen LogP contribution in [0.1, 0.15) is 38.5 Å². The second-order valence-electron chi connectivity index (χ2n) is 4.71. The van der Waals surface area contributed by atoms with Crippen LogP contribution in [0.15, 0.2) is 0 Å². The van der Waals surface area contributed by atoms with E-state index in [4.69, 9.17) is 0 Å². The number of hydrogen-bond donors (Lipinski definition) is 2. The maximum Gasteiger partial charge on any atom is 0.0695 e. The number of nitrogens with zero attached hydrogens (tertiary/aromatic N) is 1. The summed E-state index contributed by atoms with van der Waals surface area (Å²) in [5, 5.41) is 19.5. The van der Waals surface area contributed by atoms with Crippen LogP contribution in [0.3, 0.4) is 0 Å². The van der Waals surface area contributed by atoms with E-state index in [9.17, 15) is 10.2 Å². The summed E-state index contributed by atoms with van der Waals surface area (Å²) in [6.45, 7) is 1.82. The largest absolute Gasteiger partial charge is 0.392 e. The second-order valence-corrected chi connectivity index (χ2v) is 4.71. The number of β-amino-alcohol motifs (C(OH)–C–C–N with tert-alkyl or cyclic N) is 1. The maximum atomic E-state index is 9.88. The Morgan fingerprint density at radius 1 is 0.929 bits per heavy atom. The first-order chi connectivity index (χ1) is 6.77. The molecule has 2 rings (SSSR count). The Morgan fingerprint density at radius 2 is 1.71 bits per heavy atom. The Morgan fingerprint density at radius 3 is 2.43 bits per heavy atom. The molecule has 3 heteroatoms. The molecule has 3 atom stereocenters. The van der Waals surface area contributed by atoms with Gasteiger partial charge in [-0.3, -0.25) is 4.90 Å². The fourth-order valence-electron chi connectivity index (χ4n) is 2.80. The summed E-state index contributed by atoms with van der Waals surface area (Å²) in [7, 11) is 0. The first-order valence-corrected chi connectivity index (χ1v) is 5.87. The van der Waals surface area contributed by atoms with Gasteiger partial charge < -0.3 is 10.2 Å². The molecule has 0 aromatic carbocycles. The molecule has 82 valence electrons. The number of piperidine rings is 1. The van der Waals surface area contributed by atoms with E-state index >= 15 is 0 Å². The van der Waals surface area contributed by atoms with Gasteiger partial charge in [-0.2, -0.15) is 0 Å². The molecular formula is C11H21NO2. The van der Waals surface area contributed by atoms with Crippen molar-refractivity contribution in [3.05, 3.63) is 0 Å². The maximum absolute atomic E-state index is 9.88. The lowest BCUT2D eigenvalue weighted by Gasteiger charge is -2.41. The average Bonchev–Trinajstić information content (AvgIpc) is 2.18. The zero-order chi connectivity index (χ0) is 9.97. The van der Waals surface area contributed by atoms with Gasteiger partial charge in [0.2, 0.25) is 0 Å². The minimum Gasteiger partial charge on any atom is -0.392 e. The smallest absolute Gasteiger partial charge is 0.0695 e. The lowest BCUT2D eigenvalue weighted by Crippen LogP contribution is -2.50. The highest BCUT2D eigenvalue weighted by atomic mass is 16.3. The molecule has 0 radical (unpaired) electrons. The molecule has 0 spiro atoms. The molecule has 1 heterocycles. The van der Waals surface area contributed by atoms with E-state index in [1.54, 1.807) is 0 Å². The van der Waals surface area contributed by atoms with Gasteiger partial charge in [-0.25, -0.2) is 0 Å². The highest BCUT2D eigenvalue weighted by Crippen LogP contribution is 2.25. The van der Waals surface area contributed by atoms with Crippen molar-refractivity contribution in [1.82, 2.24) is 4.90 Å². The summed E-state index contributed by atoms with van der Waals surface area (Å²) in [6.07, 6.45) is 6.11. The van der Waals surface area contributed by atoms with Gasteiger partial charge in [-0.15, -0.1) is 0 Å². The van der Waals surface area contributed by atoms with Gasteiger partial charge in [-0.05, 0) is 32.2 Å². The van der Waals surface area contributed by atoms with Crippen LogP contribution in [-0.2, 0) is 0 Å². The molecule has 0 amide bonds. The SMILES string of the molecule is OC1CCCN(C2CCCCC2O)C1. The van der Waals surface area contributed by atoms with Gasteiger partial charge in [0.1, 0.15) is 0 Å². The van der Waals surface area contributed by atoms with Crippen molar-refractivity contribution in [2.45, 2.75) is 56.8 Å². The summed E-state index contributed by atoms with van der Waals surface area (Å²) in [5.41, 5.74) is 0. The average molecular weight is 199 g/mol. The van der Waals surface area contributed by atoms with Crippen LogP contribution in [0.25, 0.3) is 0 Å². The van der Waals surface area contributed by atoms with E-state index in [2.05, 4.69) is 4.90 Å². The highest BCUT2D eigenvalue weighted by molar-refractivity contribution is 4.86. The number of rotatable bonds is 1. The summed E-state index contributed by atoms with van der Waals surface area (Å²) in [4.78, 5) is 2.29. The van der Waals surface area contributed by atoms with E-state index in [1.807, 2.05) is 0 Å². The topological polar surface area (TPSA) is 43.7 Å². The van der Waals surface area contributed by atoms with E-state index < -0.39 is 0 Å². The van der Waals surface area contributed by atoms with Crippen molar-refractivity contribution >= 4 is 0 Å². The van der Waals surface area contributed by atoms with Gasteiger partial charge >= 0.3 is 0 Å². The first-order valence-electron chi connectivity index (χ1n) is 5.87. The van der Waals surface area contributed by atoms with Gasteiger partial charge in [0.25, 0.3) is 0 Å². The van der Waals surface area contributed by atoms with Crippen molar-refractivity contribution in [1.29, 1.82) is 0 Å². The van der Waals surface area contributed by atoms with E-state index in [1.165, 1.54) is 6.42 Å². The summed E-state index contributed by atoms with van der Waals surface area (Å²) in [5.74, 6) is 0. The van der Waals surface area contributed by atoms with Crippen LogP contribution in [0.2, 0.25) is 0 Å². The van der Waals surface area contributed by atoms with Gasteiger partial charge in [-0.1, -0.05) is 12.8 Å².